The number of anilines is 1. The molecule has 31 heavy (non-hydrogen) atoms. The number of nitrogens with one attached hydrogen (secondary N) is 1. The number of fused-ring (bicyclic) bond motifs is 5. The van der Waals surface area contributed by atoms with Gasteiger partial charge in [-0.05, 0) is 24.6 Å². The van der Waals surface area contributed by atoms with Gasteiger partial charge in [-0.15, -0.1) is 0 Å². The molecule has 2 unspecified atom stereocenters. The predicted octanol–water partition coefficient (Wildman–Crippen LogP) is 2.21. The smallest absolute Gasteiger partial charge is 0.252 e. The highest BCUT2D eigenvalue weighted by molar-refractivity contribution is 5.84. The van der Waals surface area contributed by atoms with Crippen molar-refractivity contribution in [1.29, 1.82) is 0 Å². The van der Waals surface area contributed by atoms with E-state index in [4.69, 9.17) is 14.2 Å². The zero-order valence-corrected chi connectivity index (χ0v) is 17.7. The normalized spacial score (nSPS) is 23.3. The zero-order valence-electron chi connectivity index (χ0n) is 17.7. The van der Waals surface area contributed by atoms with Gasteiger partial charge in [-0.3, -0.25) is 4.79 Å². The van der Waals surface area contributed by atoms with E-state index in [0.717, 1.165) is 22.6 Å². The first-order valence-electron chi connectivity index (χ1n) is 10.3. The van der Waals surface area contributed by atoms with Gasteiger partial charge >= 0.3 is 0 Å². The molecular weight excluding hydrogens is 398 g/mol. The van der Waals surface area contributed by atoms with Gasteiger partial charge in [0.25, 0.3) is 5.91 Å². The molecule has 2 aromatic heterocycles. The van der Waals surface area contributed by atoms with Gasteiger partial charge in [0.05, 0.1) is 19.3 Å². The van der Waals surface area contributed by atoms with E-state index in [9.17, 15) is 4.79 Å². The van der Waals surface area contributed by atoms with Gasteiger partial charge in [0.2, 0.25) is 5.88 Å². The summed E-state index contributed by atoms with van der Waals surface area (Å²) in [6, 6.07) is 7.64. The largest absolute Gasteiger partial charge is 0.497 e. The summed E-state index contributed by atoms with van der Waals surface area (Å²) in [6.07, 6.45) is 3.76. The minimum Gasteiger partial charge on any atom is -0.497 e. The maximum absolute atomic E-state index is 12.9. The Hall–Kier alpha value is -3.33. The molecule has 0 saturated carbocycles. The summed E-state index contributed by atoms with van der Waals surface area (Å²) in [6.45, 7) is 2.94. The fourth-order valence-electron chi connectivity index (χ4n) is 4.33. The second-order valence-corrected chi connectivity index (χ2v) is 8.00. The molecule has 3 aromatic rings. The van der Waals surface area contributed by atoms with Crippen LogP contribution in [-0.4, -0.2) is 71.0 Å². The number of nitrogens with zero attached hydrogens (tertiary/aromatic N) is 4. The topological polar surface area (TPSA) is 90.2 Å². The van der Waals surface area contributed by atoms with Crippen molar-refractivity contribution in [3.63, 3.8) is 0 Å². The predicted molar refractivity (Wildman–Crippen MR) is 114 cm³/mol. The Morgan fingerprint density at radius 1 is 1.26 bits per heavy atom. The van der Waals surface area contributed by atoms with E-state index in [0.29, 0.717) is 31.1 Å². The summed E-state index contributed by atoms with van der Waals surface area (Å²) in [5, 5.41) is 7.93. The summed E-state index contributed by atoms with van der Waals surface area (Å²) in [4.78, 5) is 19.4. The molecule has 0 radical (unpaired) electrons. The van der Waals surface area contributed by atoms with Crippen LogP contribution in [0.25, 0.3) is 16.8 Å². The Balaban J connectivity index is 1.61. The van der Waals surface area contributed by atoms with Crippen molar-refractivity contribution in [3.05, 3.63) is 36.7 Å². The van der Waals surface area contributed by atoms with Gasteiger partial charge in [-0.1, -0.05) is 0 Å². The average molecular weight is 423 g/mol. The lowest BCUT2D eigenvalue weighted by molar-refractivity contribution is -0.137. The van der Waals surface area contributed by atoms with Crippen molar-refractivity contribution in [2.24, 2.45) is 0 Å². The molecule has 4 bridgehead atoms. The third kappa shape index (κ3) is 3.54. The Morgan fingerprint density at radius 3 is 2.94 bits per heavy atom. The molecule has 0 aliphatic carbocycles. The maximum Gasteiger partial charge on any atom is 0.252 e. The van der Waals surface area contributed by atoms with Gasteiger partial charge < -0.3 is 24.4 Å². The second kappa shape index (κ2) is 7.73. The number of ether oxygens (including phenoxy) is 3. The molecule has 5 rings (SSSR count). The van der Waals surface area contributed by atoms with Crippen LogP contribution < -0.4 is 14.8 Å². The minimum absolute atomic E-state index is 0.00749. The highest BCUT2D eigenvalue weighted by Crippen LogP contribution is 2.32. The van der Waals surface area contributed by atoms with Crippen molar-refractivity contribution in [2.45, 2.75) is 31.5 Å². The molecule has 1 aromatic carbocycles. The Bertz CT molecular complexity index is 1130. The second-order valence-electron chi connectivity index (χ2n) is 8.00. The number of rotatable bonds is 2. The number of hydrogen-bond donors (Lipinski definition) is 1. The number of amides is 1. The third-order valence-electron chi connectivity index (χ3n) is 5.87. The van der Waals surface area contributed by atoms with E-state index in [-0.39, 0.29) is 18.0 Å². The number of carbonyl (C=O) groups excluding carboxylic acids is 1. The molecule has 1 fully saturated rings. The first-order chi connectivity index (χ1) is 15.1. The van der Waals surface area contributed by atoms with Crippen molar-refractivity contribution in [1.82, 2.24) is 19.5 Å². The number of hydrogen-bond acceptors (Lipinski definition) is 7. The summed E-state index contributed by atoms with van der Waals surface area (Å²) in [5.41, 5.74) is 3.41. The van der Waals surface area contributed by atoms with Gasteiger partial charge in [0.15, 0.2) is 5.65 Å². The minimum atomic E-state index is -0.447. The fraction of sp³-hybridized carbons (Fsp3) is 0.409. The SMILES string of the molecule is COc1cc2cc(c1)-c1cnn3ccc(nc13)OCC1C[C@@H](OC)C(=O)N1CC(C)N2. The molecule has 162 valence electrons. The molecule has 1 saturated heterocycles. The van der Waals surface area contributed by atoms with Crippen LogP contribution in [0.2, 0.25) is 0 Å². The van der Waals surface area contributed by atoms with Gasteiger partial charge in [0, 0.05) is 55.7 Å². The Morgan fingerprint density at radius 2 is 2.13 bits per heavy atom. The van der Waals surface area contributed by atoms with Crippen LogP contribution in [0.1, 0.15) is 13.3 Å². The molecule has 0 spiro atoms. The van der Waals surface area contributed by atoms with Gasteiger partial charge in [-0.2, -0.15) is 10.1 Å². The van der Waals surface area contributed by atoms with Crippen LogP contribution >= 0.6 is 0 Å². The van der Waals surface area contributed by atoms with E-state index in [1.54, 1.807) is 31.0 Å². The molecule has 1 N–H and O–H groups in total. The van der Waals surface area contributed by atoms with E-state index >= 15 is 0 Å². The first kappa shape index (κ1) is 19.6. The van der Waals surface area contributed by atoms with E-state index in [1.807, 2.05) is 29.3 Å². The molecular formula is C22H25N5O4. The summed E-state index contributed by atoms with van der Waals surface area (Å²) >= 11 is 0. The van der Waals surface area contributed by atoms with Crippen molar-refractivity contribution < 1.29 is 19.0 Å². The van der Waals surface area contributed by atoms with Crippen molar-refractivity contribution in [2.75, 3.05) is 32.7 Å². The molecule has 1 amide bonds. The van der Waals surface area contributed by atoms with E-state index in [1.165, 1.54) is 0 Å². The Kier molecular flexibility index (Phi) is 4.90. The summed E-state index contributed by atoms with van der Waals surface area (Å²) in [5.74, 6) is 1.21. The Labute approximate surface area is 179 Å². The molecule has 2 aliphatic rings. The van der Waals surface area contributed by atoms with Crippen LogP contribution in [0, 0.1) is 0 Å². The van der Waals surface area contributed by atoms with Crippen LogP contribution in [-0.2, 0) is 9.53 Å². The third-order valence-corrected chi connectivity index (χ3v) is 5.87. The quantitative estimate of drug-likeness (QED) is 0.676. The number of benzene rings is 1. The monoisotopic (exact) mass is 423 g/mol. The molecule has 9 heteroatoms. The summed E-state index contributed by atoms with van der Waals surface area (Å²) < 4.78 is 18.7. The van der Waals surface area contributed by atoms with Crippen LogP contribution in [0.15, 0.2) is 36.7 Å². The fourth-order valence-corrected chi connectivity index (χ4v) is 4.33. The van der Waals surface area contributed by atoms with Gasteiger partial charge in [0.1, 0.15) is 18.5 Å². The molecule has 9 nitrogen and oxygen atoms in total. The zero-order chi connectivity index (χ0) is 21.5. The van der Waals surface area contributed by atoms with Crippen LogP contribution in [0.4, 0.5) is 5.69 Å². The average Bonchev–Trinajstić information content (AvgIpc) is 3.32. The van der Waals surface area contributed by atoms with Crippen LogP contribution in [0.3, 0.4) is 0 Å². The molecule has 2 aliphatic heterocycles. The van der Waals surface area contributed by atoms with E-state index < -0.39 is 6.10 Å². The number of methoxy groups -OCH3 is 2. The molecule has 3 atom stereocenters. The van der Waals surface area contributed by atoms with Gasteiger partial charge in [-0.25, -0.2) is 4.52 Å². The summed E-state index contributed by atoms with van der Waals surface area (Å²) in [7, 11) is 3.21. The van der Waals surface area contributed by atoms with Crippen LogP contribution in [0.5, 0.6) is 11.6 Å². The highest BCUT2D eigenvalue weighted by atomic mass is 16.5. The first-order valence-corrected chi connectivity index (χ1v) is 10.3. The van der Waals surface area contributed by atoms with Crippen molar-refractivity contribution >= 4 is 17.2 Å². The number of aromatic nitrogens is 3. The van der Waals surface area contributed by atoms with Crippen molar-refractivity contribution in [3.8, 4) is 22.8 Å². The standard InChI is InChI=1S/C22H25N5O4/c1-13-11-26-16(9-19(30-3)22(26)28)12-31-20-4-5-27-21(25-20)18(10-23-27)14-6-15(24-13)8-17(7-14)29-2/h4-8,10,13,16,19,24H,9,11-12H2,1-3H3/t13?,16?,19-/m1/s1. The van der Waals surface area contributed by atoms with E-state index in [2.05, 4.69) is 22.3 Å². The lowest BCUT2D eigenvalue weighted by Crippen LogP contribution is -2.44. The lowest BCUT2D eigenvalue weighted by atomic mass is 10.1. The lowest BCUT2D eigenvalue weighted by Gasteiger charge is -2.28. The molecule has 4 heterocycles. The maximum atomic E-state index is 12.9. The number of carbonyl (C=O) groups is 1. The highest BCUT2D eigenvalue weighted by Gasteiger charge is 2.40.